The van der Waals surface area contributed by atoms with Crippen LogP contribution in [-0.4, -0.2) is 49.0 Å². The van der Waals surface area contributed by atoms with Gasteiger partial charge in [-0.05, 0) is 43.2 Å². The molecule has 2 N–H and O–H groups in total. The molecule has 0 bridgehead atoms. The maximum atomic E-state index is 9.69. The molecule has 1 rings (SSSR count). The number of aliphatic hydroxyl groups is 1. The van der Waals surface area contributed by atoms with Crippen molar-refractivity contribution in [3.8, 4) is 0 Å². The predicted octanol–water partition coefficient (Wildman–Crippen LogP) is 1.90. The van der Waals surface area contributed by atoms with Crippen molar-refractivity contribution in [2.24, 2.45) is 5.92 Å². The van der Waals surface area contributed by atoms with Gasteiger partial charge >= 0.3 is 0 Å². The minimum atomic E-state index is -0.357. The summed E-state index contributed by atoms with van der Waals surface area (Å²) in [5.74, 6) is 3.41. The van der Waals surface area contributed by atoms with E-state index in [1.807, 2.05) is 0 Å². The van der Waals surface area contributed by atoms with E-state index >= 15 is 0 Å². The maximum Gasteiger partial charge on any atom is 0.0897 e. The van der Waals surface area contributed by atoms with Crippen molar-refractivity contribution in [3.63, 3.8) is 0 Å². The molecule has 1 heterocycles. The highest BCUT2D eigenvalue weighted by atomic mass is 32.2. The van der Waals surface area contributed by atoms with Crippen LogP contribution in [0.15, 0.2) is 0 Å². The van der Waals surface area contributed by atoms with Crippen molar-refractivity contribution in [2.75, 3.05) is 37.8 Å². The highest BCUT2D eigenvalue weighted by molar-refractivity contribution is 7.99. The van der Waals surface area contributed by atoms with E-state index in [2.05, 4.69) is 24.0 Å². The Bertz CT molecular complexity index is 175. The summed E-state index contributed by atoms with van der Waals surface area (Å²) in [6.07, 6.45) is 4.51. The Labute approximate surface area is 110 Å². The van der Waals surface area contributed by atoms with Crippen LogP contribution in [0.1, 0.15) is 32.6 Å². The lowest BCUT2D eigenvalue weighted by atomic mass is 10.0. The fourth-order valence-corrected chi connectivity index (χ4v) is 3.13. The van der Waals surface area contributed by atoms with Crippen molar-refractivity contribution in [1.82, 2.24) is 5.32 Å². The Morgan fingerprint density at radius 2 is 2.18 bits per heavy atom. The normalized spacial score (nSPS) is 19.4. The summed E-state index contributed by atoms with van der Waals surface area (Å²) in [5, 5.41) is 13.0. The Morgan fingerprint density at radius 3 is 2.88 bits per heavy atom. The van der Waals surface area contributed by atoms with Gasteiger partial charge in [0.05, 0.1) is 12.7 Å². The lowest BCUT2D eigenvalue weighted by molar-refractivity contribution is 0.0355. The molecule has 0 aliphatic carbocycles. The standard InChI is InChI=1S/C13H27NO2S/c1-2-3-6-16-11-13(15)10-14-9-12-4-7-17-8-5-12/h12-15H,2-11H2,1H3. The second-order valence-electron chi connectivity index (χ2n) is 4.80. The van der Waals surface area contributed by atoms with Gasteiger partial charge in [0.15, 0.2) is 0 Å². The zero-order chi connectivity index (χ0) is 12.3. The molecule has 0 aromatic carbocycles. The van der Waals surface area contributed by atoms with Crippen molar-refractivity contribution >= 4 is 11.8 Å². The monoisotopic (exact) mass is 261 g/mol. The second kappa shape index (κ2) is 10.2. The molecule has 102 valence electrons. The van der Waals surface area contributed by atoms with Gasteiger partial charge in [0.1, 0.15) is 0 Å². The summed E-state index contributed by atoms with van der Waals surface area (Å²) >= 11 is 2.06. The minimum absolute atomic E-state index is 0.357. The van der Waals surface area contributed by atoms with Gasteiger partial charge in [-0.25, -0.2) is 0 Å². The zero-order valence-electron chi connectivity index (χ0n) is 11.0. The van der Waals surface area contributed by atoms with Crippen LogP contribution in [-0.2, 0) is 4.74 Å². The third-order valence-corrected chi connectivity index (χ3v) is 4.16. The van der Waals surface area contributed by atoms with Crippen molar-refractivity contribution in [1.29, 1.82) is 0 Å². The first kappa shape index (κ1) is 15.3. The van der Waals surface area contributed by atoms with Crippen LogP contribution in [0, 0.1) is 5.92 Å². The third-order valence-electron chi connectivity index (χ3n) is 3.11. The van der Waals surface area contributed by atoms with Gasteiger partial charge in [-0.1, -0.05) is 13.3 Å². The SMILES string of the molecule is CCCCOCC(O)CNCC1CCSCC1. The molecule has 1 saturated heterocycles. The van der Waals surface area contributed by atoms with E-state index in [-0.39, 0.29) is 6.10 Å². The summed E-state index contributed by atoms with van der Waals surface area (Å²) in [5.41, 5.74) is 0. The third kappa shape index (κ3) is 8.03. The lowest BCUT2D eigenvalue weighted by Gasteiger charge is -2.22. The van der Waals surface area contributed by atoms with Crippen molar-refractivity contribution < 1.29 is 9.84 Å². The summed E-state index contributed by atoms with van der Waals surface area (Å²) in [4.78, 5) is 0. The Balaban J connectivity index is 1.90. The number of thioether (sulfide) groups is 1. The zero-order valence-corrected chi connectivity index (χ0v) is 11.8. The Kier molecular flexibility index (Phi) is 9.16. The molecule has 1 unspecified atom stereocenters. The number of rotatable bonds is 9. The van der Waals surface area contributed by atoms with E-state index in [4.69, 9.17) is 4.74 Å². The first-order valence-corrected chi connectivity index (χ1v) is 8.02. The quantitative estimate of drug-likeness (QED) is 0.622. The van der Waals surface area contributed by atoms with Crippen LogP contribution in [0.25, 0.3) is 0 Å². The first-order chi connectivity index (χ1) is 8.33. The van der Waals surface area contributed by atoms with Gasteiger partial charge in [0.2, 0.25) is 0 Å². The molecule has 3 nitrogen and oxygen atoms in total. The van der Waals surface area contributed by atoms with Crippen LogP contribution < -0.4 is 5.32 Å². The molecular weight excluding hydrogens is 234 g/mol. The van der Waals surface area contributed by atoms with Gasteiger partial charge in [0, 0.05) is 13.2 Å². The summed E-state index contributed by atoms with van der Waals surface area (Å²) in [6.45, 7) is 5.09. The molecule has 1 fully saturated rings. The van der Waals surface area contributed by atoms with Crippen LogP contribution in [0.3, 0.4) is 0 Å². The summed E-state index contributed by atoms with van der Waals surface area (Å²) in [6, 6.07) is 0. The summed E-state index contributed by atoms with van der Waals surface area (Å²) < 4.78 is 5.39. The van der Waals surface area contributed by atoms with Crippen LogP contribution in [0.2, 0.25) is 0 Å². The molecule has 1 aliphatic rings. The molecule has 17 heavy (non-hydrogen) atoms. The van der Waals surface area contributed by atoms with Gasteiger partial charge in [0.25, 0.3) is 0 Å². The molecule has 0 spiro atoms. The summed E-state index contributed by atoms with van der Waals surface area (Å²) in [7, 11) is 0. The Morgan fingerprint density at radius 1 is 1.41 bits per heavy atom. The van der Waals surface area contributed by atoms with E-state index in [0.717, 1.165) is 31.9 Å². The van der Waals surface area contributed by atoms with Gasteiger partial charge in [-0.15, -0.1) is 0 Å². The molecule has 4 heteroatoms. The molecule has 0 aromatic heterocycles. The largest absolute Gasteiger partial charge is 0.389 e. The van der Waals surface area contributed by atoms with Crippen LogP contribution in [0.4, 0.5) is 0 Å². The molecular formula is C13H27NO2S. The predicted molar refractivity (Wildman–Crippen MR) is 74.7 cm³/mol. The van der Waals surface area contributed by atoms with E-state index < -0.39 is 0 Å². The molecule has 0 radical (unpaired) electrons. The van der Waals surface area contributed by atoms with Gasteiger partial charge in [-0.3, -0.25) is 0 Å². The minimum Gasteiger partial charge on any atom is -0.389 e. The molecule has 1 aliphatic heterocycles. The van der Waals surface area contributed by atoms with E-state index in [9.17, 15) is 5.11 Å². The van der Waals surface area contributed by atoms with Gasteiger partial charge < -0.3 is 15.2 Å². The molecule has 1 atom stereocenters. The Hall–Kier alpha value is 0.230. The highest BCUT2D eigenvalue weighted by Crippen LogP contribution is 2.21. The topological polar surface area (TPSA) is 41.5 Å². The number of hydrogen-bond donors (Lipinski definition) is 2. The van der Waals surface area contributed by atoms with Crippen molar-refractivity contribution in [3.05, 3.63) is 0 Å². The van der Waals surface area contributed by atoms with Gasteiger partial charge in [-0.2, -0.15) is 11.8 Å². The lowest BCUT2D eigenvalue weighted by Crippen LogP contribution is -2.34. The first-order valence-electron chi connectivity index (χ1n) is 6.87. The average Bonchev–Trinajstić information content (AvgIpc) is 2.36. The number of hydrogen-bond acceptors (Lipinski definition) is 4. The van der Waals surface area contributed by atoms with Crippen LogP contribution >= 0.6 is 11.8 Å². The number of nitrogens with one attached hydrogen (secondary N) is 1. The van der Waals surface area contributed by atoms with E-state index in [0.29, 0.717) is 13.2 Å². The average molecular weight is 261 g/mol. The number of aliphatic hydroxyl groups excluding tert-OH is 1. The molecule has 0 aromatic rings. The highest BCUT2D eigenvalue weighted by Gasteiger charge is 2.13. The van der Waals surface area contributed by atoms with E-state index in [1.165, 1.54) is 24.3 Å². The smallest absolute Gasteiger partial charge is 0.0897 e. The number of unbranched alkanes of at least 4 members (excludes halogenated alkanes) is 1. The fraction of sp³-hybridized carbons (Fsp3) is 1.00. The second-order valence-corrected chi connectivity index (χ2v) is 6.02. The fourth-order valence-electron chi connectivity index (χ4n) is 1.93. The molecule has 0 saturated carbocycles. The molecule has 0 amide bonds. The number of ether oxygens (including phenoxy) is 1. The van der Waals surface area contributed by atoms with E-state index in [1.54, 1.807) is 0 Å². The maximum absolute atomic E-state index is 9.69. The van der Waals surface area contributed by atoms with Crippen LogP contribution in [0.5, 0.6) is 0 Å². The van der Waals surface area contributed by atoms with Crippen molar-refractivity contribution in [2.45, 2.75) is 38.7 Å².